The molecule has 86 valence electrons. The Balaban J connectivity index is 4.16. The van der Waals surface area contributed by atoms with Crippen LogP contribution in [0, 0.1) is 0 Å². The van der Waals surface area contributed by atoms with Gasteiger partial charge in [0.05, 0.1) is 12.2 Å². The van der Waals surface area contributed by atoms with Crippen LogP contribution in [0.5, 0.6) is 0 Å². The standard InChI is InChI=1S/C11H24O3/c1-3-5-7-11(14,8-6-4-2)10(13)9-12/h10,12-14H,3-9H2,1-2H3/t10-/m1/s1. The van der Waals surface area contributed by atoms with Gasteiger partial charge < -0.3 is 15.3 Å². The first-order valence-electron chi connectivity index (χ1n) is 5.62. The van der Waals surface area contributed by atoms with E-state index in [4.69, 9.17) is 5.11 Å². The van der Waals surface area contributed by atoms with E-state index in [1.165, 1.54) is 0 Å². The lowest BCUT2D eigenvalue weighted by Gasteiger charge is -2.32. The number of rotatable bonds is 8. The van der Waals surface area contributed by atoms with E-state index < -0.39 is 11.7 Å². The third-order valence-electron chi connectivity index (χ3n) is 2.72. The van der Waals surface area contributed by atoms with Crippen LogP contribution in [-0.4, -0.2) is 33.6 Å². The van der Waals surface area contributed by atoms with E-state index in [0.29, 0.717) is 12.8 Å². The minimum atomic E-state index is -1.08. The molecule has 0 aromatic carbocycles. The molecule has 1 atom stereocenters. The predicted octanol–water partition coefficient (Wildman–Crippen LogP) is 1.45. The van der Waals surface area contributed by atoms with E-state index in [1.54, 1.807) is 0 Å². The van der Waals surface area contributed by atoms with Gasteiger partial charge in [0.2, 0.25) is 0 Å². The summed E-state index contributed by atoms with van der Waals surface area (Å²) in [6.07, 6.45) is 3.91. The van der Waals surface area contributed by atoms with Gasteiger partial charge in [-0.3, -0.25) is 0 Å². The summed E-state index contributed by atoms with van der Waals surface area (Å²) < 4.78 is 0. The van der Waals surface area contributed by atoms with Crippen molar-refractivity contribution in [2.75, 3.05) is 6.61 Å². The molecule has 0 aromatic rings. The largest absolute Gasteiger partial charge is 0.394 e. The fraction of sp³-hybridized carbons (Fsp3) is 1.00. The van der Waals surface area contributed by atoms with Crippen molar-refractivity contribution in [3.63, 3.8) is 0 Å². The normalized spacial score (nSPS) is 14.4. The Kier molecular flexibility index (Phi) is 7.15. The SMILES string of the molecule is CCCCC(O)(CCCC)[C@H](O)CO. The van der Waals surface area contributed by atoms with Gasteiger partial charge in [-0.15, -0.1) is 0 Å². The molecule has 0 saturated carbocycles. The van der Waals surface area contributed by atoms with Crippen molar-refractivity contribution >= 4 is 0 Å². The van der Waals surface area contributed by atoms with Crippen LogP contribution in [0.2, 0.25) is 0 Å². The van der Waals surface area contributed by atoms with Crippen LogP contribution >= 0.6 is 0 Å². The summed E-state index contributed by atoms with van der Waals surface area (Å²) in [5.41, 5.74) is -1.08. The Labute approximate surface area is 86.8 Å². The van der Waals surface area contributed by atoms with E-state index >= 15 is 0 Å². The first-order valence-corrected chi connectivity index (χ1v) is 5.62. The van der Waals surface area contributed by atoms with Crippen LogP contribution in [0.15, 0.2) is 0 Å². The molecule has 0 fully saturated rings. The first-order chi connectivity index (χ1) is 6.60. The Bertz CT molecular complexity index is 128. The van der Waals surface area contributed by atoms with Crippen LogP contribution in [0.3, 0.4) is 0 Å². The predicted molar refractivity (Wildman–Crippen MR) is 57.1 cm³/mol. The maximum Gasteiger partial charge on any atom is 0.106 e. The monoisotopic (exact) mass is 204 g/mol. The third kappa shape index (κ3) is 4.40. The fourth-order valence-electron chi connectivity index (χ4n) is 1.59. The van der Waals surface area contributed by atoms with Crippen molar-refractivity contribution in [2.24, 2.45) is 0 Å². The zero-order valence-corrected chi connectivity index (χ0v) is 9.37. The Hall–Kier alpha value is -0.120. The fourth-order valence-corrected chi connectivity index (χ4v) is 1.59. The quantitative estimate of drug-likeness (QED) is 0.561. The Morgan fingerprint density at radius 3 is 1.79 bits per heavy atom. The van der Waals surface area contributed by atoms with Gasteiger partial charge in [-0.05, 0) is 12.8 Å². The molecule has 14 heavy (non-hydrogen) atoms. The van der Waals surface area contributed by atoms with Gasteiger partial charge in [-0.25, -0.2) is 0 Å². The number of hydrogen-bond acceptors (Lipinski definition) is 3. The number of unbranched alkanes of at least 4 members (excludes halogenated alkanes) is 2. The highest BCUT2D eigenvalue weighted by Crippen LogP contribution is 2.25. The summed E-state index contributed by atoms with van der Waals surface area (Å²) >= 11 is 0. The van der Waals surface area contributed by atoms with E-state index in [2.05, 4.69) is 0 Å². The van der Waals surface area contributed by atoms with Gasteiger partial charge in [-0.2, -0.15) is 0 Å². The lowest BCUT2D eigenvalue weighted by molar-refractivity contribution is -0.106. The molecule has 0 saturated heterocycles. The minimum absolute atomic E-state index is 0.357. The molecule has 3 heteroatoms. The number of aliphatic hydroxyl groups is 3. The van der Waals surface area contributed by atoms with E-state index in [1.807, 2.05) is 13.8 Å². The molecule has 0 rings (SSSR count). The molecule has 0 radical (unpaired) electrons. The minimum Gasteiger partial charge on any atom is -0.394 e. The molecule has 0 aliphatic heterocycles. The van der Waals surface area contributed by atoms with Crippen molar-refractivity contribution in [2.45, 2.75) is 64.1 Å². The second-order valence-corrected chi connectivity index (χ2v) is 4.01. The summed E-state index contributed by atoms with van der Waals surface area (Å²) in [4.78, 5) is 0. The lowest BCUT2D eigenvalue weighted by Crippen LogP contribution is -2.44. The van der Waals surface area contributed by atoms with Gasteiger partial charge in [0.15, 0.2) is 0 Å². The van der Waals surface area contributed by atoms with Crippen LogP contribution in [0.4, 0.5) is 0 Å². The summed E-state index contributed by atoms with van der Waals surface area (Å²) in [5.74, 6) is 0. The second kappa shape index (κ2) is 7.21. The Morgan fingerprint density at radius 2 is 1.50 bits per heavy atom. The highest BCUT2D eigenvalue weighted by molar-refractivity contribution is 4.85. The molecule has 0 aliphatic carbocycles. The first kappa shape index (κ1) is 13.9. The van der Waals surface area contributed by atoms with Gasteiger partial charge in [0.1, 0.15) is 6.10 Å². The number of aliphatic hydroxyl groups excluding tert-OH is 2. The molecule has 0 heterocycles. The van der Waals surface area contributed by atoms with Crippen LogP contribution in [0.1, 0.15) is 52.4 Å². The molecule has 0 amide bonds. The molecule has 0 unspecified atom stereocenters. The molecule has 0 bridgehead atoms. The van der Waals surface area contributed by atoms with Crippen LogP contribution < -0.4 is 0 Å². The highest BCUT2D eigenvalue weighted by atomic mass is 16.4. The molecule has 0 aliphatic rings. The average Bonchev–Trinajstić information content (AvgIpc) is 2.22. The summed E-state index contributed by atoms with van der Waals surface area (Å²) in [5, 5.41) is 28.5. The van der Waals surface area contributed by atoms with Gasteiger partial charge in [-0.1, -0.05) is 39.5 Å². The van der Waals surface area contributed by atoms with Crippen molar-refractivity contribution in [3.8, 4) is 0 Å². The Morgan fingerprint density at radius 1 is 1.07 bits per heavy atom. The van der Waals surface area contributed by atoms with Crippen molar-refractivity contribution in [1.29, 1.82) is 0 Å². The van der Waals surface area contributed by atoms with Crippen LogP contribution in [-0.2, 0) is 0 Å². The van der Waals surface area contributed by atoms with Crippen molar-refractivity contribution in [3.05, 3.63) is 0 Å². The van der Waals surface area contributed by atoms with E-state index in [-0.39, 0.29) is 6.61 Å². The summed E-state index contributed by atoms with van der Waals surface area (Å²) in [7, 11) is 0. The van der Waals surface area contributed by atoms with Gasteiger partial charge in [0.25, 0.3) is 0 Å². The average molecular weight is 204 g/mol. The van der Waals surface area contributed by atoms with Gasteiger partial charge >= 0.3 is 0 Å². The highest BCUT2D eigenvalue weighted by Gasteiger charge is 2.33. The lowest BCUT2D eigenvalue weighted by atomic mass is 9.86. The van der Waals surface area contributed by atoms with E-state index in [0.717, 1.165) is 25.7 Å². The van der Waals surface area contributed by atoms with E-state index in [9.17, 15) is 10.2 Å². The maximum atomic E-state index is 10.1. The smallest absolute Gasteiger partial charge is 0.106 e. The topological polar surface area (TPSA) is 60.7 Å². The van der Waals surface area contributed by atoms with Crippen LogP contribution in [0.25, 0.3) is 0 Å². The van der Waals surface area contributed by atoms with Crippen molar-refractivity contribution in [1.82, 2.24) is 0 Å². The maximum absolute atomic E-state index is 10.1. The number of hydrogen-bond donors (Lipinski definition) is 3. The zero-order valence-electron chi connectivity index (χ0n) is 9.37. The molecular formula is C11H24O3. The molecule has 3 nitrogen and oxygen atoms in total. The summed E-state index contributed by atoms with van der Waals surface area (Å²) in [6.45, 7) is 3.74. The second-order valence-electron chi connectivity index (χ2n) is 4.01. The molecule has 0 aromatic heterocycles. The summed E-state index contributed by atoms with van der Waals surface area (Å²) in [6, 6.07) is 0. The van der Waals surface area contributed by atoms with Gasteiger partial charge in [0, 0.05) is 0 Å². The third-order valence-corrected chi connectivity index (χ3v) is 2.72. The molecule has 0 spiro atoms. The zero-order chi connectivity index (χ0) is 11.0. The van der Waals surface area contributed by atoms with Crippen molar-refractivity contribution < 1.29 is 15.3 Å². The molecular weight excluding hydrogens is 180 g/mol. The molecule has 3 N–H and O–H groups in total.